The zero-order valence-electron chi connectivity index (χ0n) is 18.2. The summed E-state index contributed by atoms with van der Waals surface area (Å²) in [6, 6.07) is 12.8. The molecule has 1 fully saturated rings. The molecule has 0 radical (unpaired) electrons. The average Bonchev–Trinajstić information content (AvgIpc) is 2.78. The van der Waals surface area contributed by atoms with Crippen LogP contribution < -0.4 is 14.8 Å². The maximum atomic E-state index is 12.8. The molecule has 32 heavy (non-hydrogen) atoms. The van der Waals surface area contributed by atoms with Gasteiger partial charge in [-0.15, -0.1) is 0 Å². The van der Waals surface area contributed by atoms with Crippen LogP contribution in [-0.4, -0.2) is 53.5 Å². The number of nitrogens with zero attached hydrogens (tertiary/aromatic N) is 1. The van der Waals surface area contributed by atoms with Gasteiger partial charge in [0.15, 0.2) is 6.10 Å². The maximum absolute atomic E-state index is 12.8. The van der Waals surface area contributed by atoms with Crippen molar-refractivity contribution in [2.75, 3.05) is 19.6 Å². The van der Waals surface area contributed by atoms with Gasteiger partial charge < -0.3 is 24.8 Å². The number of phenolic OH excluding ortho intramolecular Hbond substituents is 1. The number of esters is 1. The first kappa shape index (κ1) is 23.1. The topological polar surface area (TPSA) is 105 Å². The van der Waals surface area contributed by atoms with Crippen LogP contribution in [0.4, 0.5) is 0 Å². The predicted octanol–water partition coefficient (Wildman–Crippen LogP) is 2.75. The second-order valence-electron chi connectivity index (χ2n) is 7.86. The summed E-state index contributed by atoms with van der Waals surface area (Å²) >= 11 is 0. The van der Waals surface area contributed by atoms with Crippen LogP contribution in [0.15, 0.2) is 48.5 Å². The fourth-order valence-corrected chi connectivity index (χ4v) is 3.55. The molecule has 0 aliphatic carbocycles. The van der Waals surface area contributed by atoms with Gasteiger partial charge in [0.05, 0.1) is 0 Å². The van der Waals surface area contributed by atoms with Gasteiger partial charge in [-0.3, -0.25) is 14.4 Å². The highest BCUT2D eigenvalue weighted by Gasteiger charge is 2.25. The lowest BCUT2D eigenvalue weighted by Crippen LogP contribution is -2.43. The Labute approximate surface area is 187 Å². The molecule has 0 bridgehead atoms. The van der Waals surface area contributed by atoms with Gasteiger partial charge in [-0.05, 0) is 68.1 Å². The Balaban J connectivity index is 1.43. The number of amides is 2. The van der Waals surface area contributed by atoms with Crippen LogP contribution in [0.3, 0.4) is 0 Å². The van der Waals surface area contributed by atoms with Crippen molar-refractivity contribution in [2.24, 2.45) is 5.92 Å². The van der Waals surface area contributed by atoms with Gasteiger partial charge in [0.1, 0.15) is 17.2 Å². The molecule has 170 valence electrons. The zero-order valence-corrected chi connectivity index (χ0v) is 18.2. The first-order valence-electron chi connectivity index (χ1n) is 10.6. The summed E-state index contributed by atoms with van der Waals surface area (Å²) in [5, 5.41) is 12.2. The van der Waals surface area contributed by atoms with Crippen molar-refractivity contribution in [2.45, 2.75) is 32.8 Å². The third-order valence-corrected chi connectivity index (χ3v) is 5.33. The molecule has 0 spiro atoms. The molecule has 2 N–H and O–H groups in total. The van der Waals surface area contributed by atoms with E-state index < -0.39 is 12.1 Å². The first-order chi connectivity index (χ1) is 15.3. The van der Waals surface area contributed by atoms with Gasteiger partial charge in [0.25, 0.3) is 11.8 Å². The number of likely N-dealkylation sites (tertiary alicyclic amines) is 1. The van der Waals surface area contributed by atoms with E-state index in [1.165, 1.54) is 19.1 Å². The highest BCUT2D eigenvalue weighted by Crippen LogP contribution is 2.21. The molecule has 1 unspecified atom stereocenters. The fraction of sp³-hybridized carbons (Fsp3) is 0.375. The summed E-state index contributed by atoms with van der Waals surface area (Å²) in [5.41, 5.74) is 0.482. The van der Waals surface area contributed by atoms with Crippen molar-refractivity contribution in [3.05, 3.63) is 54.1 Å². The number of nitrogens with one attached hydrogen (secondary N) is 1. The zero-order chi connectivity index (χ0) is 23.1. The van der Waals surface area contributed by atoms with Crippen LogP contribution in [0.2, 0.25) is 0 Å². The summed E-state index contributed by atoms with van der Waals surface area (Å²) < 4.78 is 10.6. The van der Waals surface area contributed by atoms with E-state index >= 15 is 0 Å². The van der Waals surface area contributed by atoms with Gasteiger partial charge in [0.2, 0.25) is 0 Å². The Morgan fingerprint density at radius 1 is 1.09 bits per heavy atom. The van der Waals surface area contributed by atoms with E-state index in [4.69, 9.17) is 9.47 Å². The van der Waals surface area contributed by atoms with E-state index in [9.17, 15) is 19.5 Å². The summed E-state index contributed by atoms with van der Waals surface area (Å²) in [4.78, 5) is 38.0. The SMILES string of the molecule is CC(=O)Oc1cccc(C(=O)N2CCC(CNC(=O)C(C)Oc3ccc(O)cc3)CC2)c1. The van der Waals surface area contributed by atoms with Gasteiger partial charge in [-0.1, -0.05) is 6.07 Å². The van der Waals surface area contributed by atoms with Crippen molar-refractivity contribution in [3.8, 4) is 17.2 Å². The number of ether oxygens (including phenoxy) is 2. The number of hydrogen-bond donors (Lipinski definition) is 2. The molecule has 8 heteroatoms. The van der Waals surface area contributed by atoms with Gasteiger partial charge >= 0.3 is 5.97 Å². The number of benzene rings is 2. The van der Waals surface area contributed by atoms with Crippen molar-refractivity contribution < 1.29 is 29.0 Å². The van der Waals surface area contributed by atoms with E-state index in [0.29, 0.717) is 36.7 Å². The number of piperidine rings is 1. The Bertz CT molecular complexity index is 951. The lowest BCUT2D eigenvalue weighted by Gasteiger charge is -2.32. The number of carbonyl (C=O) groups is 3. The minimum absolute atomic E-state index is 0.0996. The van der Waals surface area contributed by atoms with Gasteiger partial charge in [0, 0.05) is 32.1 Å². The largest absolute Gasteiger partial charge is 0.508 e. The normalized spacial score (nSPS) is 15.0. The lowest BCUT2D eigenvalue weighted by molar-refractivity contribution is -0.132. The quantitative estimate of drug-likeness (QED) is 0.507. The third-order valence-electron chi connectivity index (χ3n) is 5.33. The number of aromatic hydroxyl groups is 1. The molecular formula is C24H28N2O6. The van der Waals surface area contributed by atoms with Crippen LogP contribution in [-0.2, 0) is 9.59 Å². The van der Waals surface area contributed by atoms with E-state index in [1.54, 1.807) is 48.2 Å². The molecule has 1 aliphatic heterocycles. The minimum atomic E-state index is -0.661. The summed E-state index contributed by atoms with van der Waals surface area (Å²) in [5.74, 6) is 0.531. The highest BCUT2D eigenvalue weighted by molar-refractivity contribution is 5.94. The molecule has 1 heterocycles. The third kappa shape index (κ3) is 6.47. The maximum Gasteiger partial charge on any atom is 0.308 e. The molecule has 1 aliphatic rings. The minimum Gasteiger partial charge on any atom is -0.508 e. The van der Waals surface area contributed by atoms with Gasteiger partial charge in [-0.25, -0.2) is 0 Å². The summed E-state index contributed by atoms with van der Waals surface area (Å²) in [6.07, 6.45) is 0.900. The molecule has 3 rings (SSSR count). The van der Waals surface area contributed by atoms with Crippen molar-refractivity contribution in [1.82, 2.24) is 10.2 Å². The fourth-order valence-electron chi connectivity index (χ4n) is 3.55. The Morgan fingerprint density at radius 2 is 1.78 bits per heavy atom. The van der Waals surface area contributed by atoms with E-state index in [1.807, 2.05) is 0 Å². The van der Waals surface area contributed by atoms with Crippen molar-refractivity contribution in [3.63, 3.8) is 0 Å². The lowest BCUT2D eigenvalue weighted by atomic mass is 9.96. The van der Waals surface area contributed by atoms with Crippen LogP contribution >= 0.6 is 0 Å². The number of carbonyl (C=O) groups excluding carboxylic acids is 3. The average molecular weight is 440 g/mol. The Morgan fingerprint density at radius 3 is 2.44 bits per heavy atom. The molecule has 2 amide bonds. The molecular weight excluding hydrogens is 412 g/mol. The standard InChI is InChI=1S/C24H28N2O6/c1-16(31-21-8-6-20(28)7-9-21)23(29)25-15-18-10-12-26(13-11-18)24(30)19-4-3-5-22(14-19)32-17(2)27/h3-9,14,16,18,28H,10-13,15H2,1-2H3,(H,25,29). The molecule has 0 aromatic heterocycles. The van der Waals surface area contributed by atoms with Crippen LogP contribution in [0.1, 0.15) is 37.0 Å². The van der Waals surface area contributed by atoms with Crippen LogP contribution in [0.25, 0.3) is 0 Å². The van der Waals surface area contributed by atoms with Gasteiger partial charge in [-0.2, -0.15) is 0 Å². The second-order valence-corrected chi connectivity index (χ2v) is 7.86. The molecule has 2 aromatic carbocycles. The van der Waals surface area contributed by atoms with Crippen molar-refractivity contribution >= 4 is 17.8 Å². The van der Waals surface area contributed by atoms with Crippen LogP contribution in [0.5, 0.6) is 17.2 Å². The Kier molecular flexibility index (Phi) is 7.70. The number of rotatable bonds is 7. The second kappa shape index (κ2) is 10.7. The number of phenols is 1. The van der Waals surface area contributed by atoms with E-state index in [0.717, 1.165) is 12.8 Å². The van der Waals surface area contributed by atoms with Crippen LogP contribution in [0, 0.1) is 5.92 Å². The molecule has 8 nitrogen and oxygen atoms in total. The summed E-state index contributed by atoms with van der Waals surface area (Å²) in [6.45, 7) is 4.70. The summed E-state index contributed by atoms with van der Waals surface area (Å²) in [7, 11) is 0. The molecule has 0 saturated carbocycles. The predicted molar refractivity (Wildman–Crippen MR) is 118 cm³/mol. The first-order valence-corrected chi connectivity index (χ1v) is 10.6. The van der Waals surface area contributed by atoms with E-state index in [-0.39, 0.29) is 23.5 Å². The molecule has 1 atom stereocenters. The monoisotopic (exact) mass is 440 g/mol. The molecule has 1 saturated heterocycles. The highest BCUT2D eigenvalue weighted by atomic mass is 16.5. The van der Waals surface area contributed by atoms with Crippen molar-refractivity contribution in [1.29, 1.82) is 0 Å². The molecule has 2 aromatic rings. The smallest absolute Gasteiger partial charge is 0.308 e. The Hall–Kier alpha value is -3.55. The van der Waals surface area contributed by atoms with E-state index in [2.05, 4.69) is 5.32 Å². The number of hydrogen-bond acceptors (Lipinski definition) is 6.